The number of anilines is 1. The molecule has 1 unspecified atom stereocenters. The van der Waals surface area contributed by atoms with Crippen LogP contribution in [0, 0.1) is 5.92 Å². The Morgan fingerprint density at radius 1 is 1.09 bits per heavy atom. The lowest BCUT2D eigenvalue weighted by Gasteiger charge is -2.31. The Morgan fingerprint density at radius 3 is 2.64 bits per heavy atom. The van der Waals surface area contributed by atoms with Crippen molar-refractivity contribution in [2.75, 3.05) is 25.1 Å². The van der Waals surface area contributed by atoms with Crippen LogP contribution in [0.5, 0.6) is 11.5 Å². The average Bonchev–Trinajstić information content (AvgIpc) is 3.60. The fourth-order valence-electron chi connectivity index (χ4n) is 8.57. The van der Waals surface area contributed by atoms with Crippen molar-refractivity contribution in [1.29, 1.82) is 0 Å². The molecule has 2 aliphatic heterocycles. The number of aromatic nitrogens is 2. The standard InChI is InChI=1S/C42H57N6O8PS/c1-5-19-57(52,53)42-23-27(42)13-9-7-6-8-10-16-32(46-41(51)56-28-14-11-12-15-28)39(50)48-24-30(21-36(48)38(49)47-42)55-37-22-34(35-25-58-40(45-35)43-26(2)3)44-33-20-29(54-4)17-18-31(33)37/h9,13,17-18,20,22,25-28,30,32,36H,5-8,10-12,14-16,19,21,23-24H2,1-4H3,(H,43,45)(H,46,51)(H,47,49)(H,52,53)/b13-9-/t27-,30+,32-,36-,42-/m0/s1. The Hall–Kier alpha value is -4.20. The van der Waals surface area contributed by atoms with Gasteiger partial charge < -0.3 is 40.0 Å². The van der Waals surface area contributed by atoms with Crippen molar-refractivity contribution >= 4 is 52.6 Å². The number of alkyl carbamates (subject to hydrolysis) is 1. The summed E-state index contributed by atoms with van der Waals surface area (Å²) < 4.78 is 32.0. The van der Waals surface area contributed by atoms with Crippen LogP contribution in [-0.2, 0) is 18.9 Å². The van der Waals surface area contributed by atoms with Crippen LogP contribution in [0.2, 0.25) is 0 Å². The minimum atomic E-state index is -3.84. The van der Waals surface area contributed by atoms with E-state index in [0.29, 0.717) is 59.5 Å². The summed E-state index contributed by atoms with van der Waals surface area (Å²) in [6, 6.07) is 5.57. The highest BCUT2D eigenvalue weighted by Gasteiger charge is 2.65. The molecule has 4 N–H and O–H groups in total. The zero-order valence-corrected chi connectivity index (χ0v) is 35.6. The predicted octanol–water partition coefficient (Wildman–Crippen LogP) is 7.61. The molecule has 0 radical (unpaired) electrons. The second-order valence-corrected chi connectivity index (χ2v) is 19.9. The SMILES string of the molecule is CCCP(=O)(O)[C@@]12C[C@@H]1/C=C\CCCCC[C@H](NC(=O)OC1CCCC1)C(=O)N1C[C@H](Oc3cc(-c4csc(NC(C)C)n4)nc4cc(OC)ccc34)C[C@H]1C(=O)N2. The molecule has 4 heterocycles. The van der Waals surface area contributed by atoms with Crippen molar-refractivity contribution in [3.63, 3.8) is 0 Å². The number of thiazole rings is 1. The molecule has 1 aromatic carbocycles. The van der Waals surface area contributed by atoms with Gasteiger partial charge in [-0.05, 0) is 83.8 Å². The van der Waals surface area contributed by atoms with E-state index in [-0.39, 0.29) is 37.2 Å². The third-order valence-electron chi connectivity index (χ3n) is 11.7. The zero-order valence-electron chi connectivity index (χ0n) is 33.9. The van der Waals surface area contributed by atoms with Gasteiger partial charge in [-0.3, -0.25) is 14.2 Å². The molecular formula is C42H57N6O8PS. The molecule has 16 heteroatoms. The van der Waals surface area contributed by atoms with Gasteiger partial charge >= 0.3 is 6.09 Å². The third kappa shape index (κ3) is 9.31. The molecule has 2 aromatic heterocycles. The number of pyridine rings is 1. The monoisotopic (exact) mass is 836 g/mol. The van der Waals surface area contributed by atoms with E-state index >= 15 is 0 Å². The van der Waals surface area contributed by atoms with Gasteiger partial charge in [0.1, 0.15) is 46.8 Å². The van der Waals surface area contributed by atoms with E-state index in [1.807, 2.05) is 62.6 Å². The molecule has 7 rings (SSSR count). The molecule has 2 saturated carbocycles. The van der Waals surface area contributed by atoms with E-state index in [1.54, 1.807) is 7.11 Å². The van der Waals surface area contributed by atoms with Crippen LogP contribution >= 0.6 is 18.7 Å². The number of amides is 3. The predicted molar refractivity (Wildman–Crippen MR) is 225 cm³/mol. The topological polar surface area (TPSA) is 181 Å². The summed E-state index contributed by atoms with van der Waals surface area (Å²) >= 11 is 1.48. The number of allylic oxidation sites excluding steroid dienone is 1. The second-order valence-electron chi connectivity index (χ2n) is 16.4. The third-order valence-corrected chi connectivity index (χ3v) is 15.4. The van der Waals surface area contributed by atoms with Crippen molar-refractivity contribution in [3.05, 3.63) is 41.8 Å². The summed E-state index contributed by atoms with van der Waals surface area (Å²) in [7, 11) is -2.25. The normalized spacial score (nSPS) is 27.1. The average molecular weight is 837 g/mol. The number of ether oxygens (including phenoxy) is 3. The molecule has 2 aliphatic carbocycles. The van der Waals surface area contributed by atoms with E-state index in [2.05, 4.69) is 16.0 Å². The van der Waals surface area contributed by atoms with Crippen molar-refractivity contribution < 1.29 is 38.1 Å². The van der Waals surface area contributed by atoms with Crippen LogP contribution in [0.25, 0.3) is 22.3 Å². The quantitative estimate of drug-likeness (QED) is 0.110. The second kappa shape index (κ2) is 18.0. The molecule has 314 valence electrons. The number of hydrogen-bond acceptors (Lipinski definition) is 11. The van der Waals surface area contributed by atoms with Crippen LogP contribution < -0.4 is 25.4 Å². The summed E-state index contributed by atoms with van der Waals surface area (Å²) in [6.45, 7) is 5.99. The van der Waals surface area contributed by atoms with Crippen molar-refractivity contribution in [2.45, 2.75) is 133 Å². The molecule has 3 aromatic rings. The maximum atomic E-state index is 14.7. The van der Waals surface area contributed by atoms with Gasteiger partial charge in [0.2, 0.25) is 19.2 Å². The number of nitrogens with zero attached hydrogens (tertiary/aromatic N) is 3. The summed E-state index contributed by atoms with van der Waals surface area (Å²) in [5, 5.41) is 11.3. The highest BCUT2D eigenvalue weighted by atomic mass is 32.1. The van der Waals surface area contributed by atoms with Gasteiger partial charge in [0.05, 0.1) is 24.9 Å². The largest absolute Gasteiger partial charge is 0.497 e. The summed E-state index contributed by atoms with van der Waals surface area (Å²) in [6.07, 6.45) is 10.6. The van der Waals surface area contributed by atoms with Crippen LogP contribution in [0.1, 0.15) is 97.8 Å². The Morgan fingerprint density at radius 2 is 1.88 bits per heavy atom. The van der Waals surface area contributed by atoms with Gasteiger partial charge in [0.25, 0.3) is 0 Å². The molecular weight excluding hydrogens is 780 g/mol. The molecule has 0 bridgehead atoms. The van der Waals surface area contributed by atoms with E-state index < -0.39 is 48.7 Å². The van der Waals surface area contributed by atoms with E-state index in [4.69, 9.17) is 24.2 Å². The lowest BCUT2D eigenvalue weighted by atomic mass is 10.0. The highest BCUT2D eigenvalue weighted by molar-refractivity contribution is 7.60. The number of rotatable bonds is 11. The highest BCUT2D eigenvalue weighted by Crippen LogP contribution is 2.69. The number of carbonyl (C=O) groups excluding carboxylic acids is 3. The van der Waals surface area contributed by atoms with Gasteiger partial charge in [0.15, 0.2) is 5.13 Å². The van der Waals surface area contributed by atoms with Gasteiger partial charge in [0, 0.05) is 47.4 Å². The summed E-state index contributed by atoms with van der Waals surface area (Å²) in [5.74, 6) is -0.102. The molecule has 58 heavy (non-hydrogen) atoms. The maximum Gasteiger partial charge on any atom is 0.408 e. The molecule has 1 saturated heterocycles. The number of hydrogen-bond donors (Lipinski definition) is 4. The van der Waals surface area contributed by atoms with Gasteiger partial charge in [-0.2, -0.15) is 0 Å². The van der Waals surface area contributed by atoms with Crippen molar-refractivity contribution in [3.8, 4) is 22.9 Å². The van der Waals surface area contributed by atoms with Crippen LogP contribution in [-0.4, -0.2) is 93.1 Å². The first-order valence-electron chi connectivity index (χ1n) is 20.9. The van der Waals surface area contributed by atoms with Crippen molar-refractivity contribution in [2.24, 2.45) is 5.92 Å². The molecule has 14 nitrogen and oxygen atoms in total. The number of carbonyl (C=O) groups is 3. The fourth-order valence-corrected chi connectivity index (χ4v) is 11.8. The Kier molecular flexibility index (Phi) is 13.0. The Labute approximate surface area is 344 Å². The zero-order chi connectivity index (χ0) is 41.0. The van der Waals surface area contributed by atoms with Crippen LogP contribution in [0.4, 0.5) is 9.93 Å². The van der Waals surface area contributed by atoms with Crippen LogP contribution in [0.3, 0.4) is 0 Å². The Bertz CT molecular complexity index is 2050. The summed E-state index contributed by atoms with van der Waals surface area (Å²) in [4.78, 5) is 65.1. The minimum absolute atomic E-state index is 0.0450. The fraction of sp³-hybridized carbons (Fsp3) is 0.595. The molecule has 0 spiro atoms. The molecule has 3 fully saturated rings. The number of methoxy groups -OCH3 is 1. The Balaban J connectivity index is 1.22. The van der Waals surface area contributed by atoms with Gasteiger partial charge in [-0.15, -0.1) is 11.3 Å². The maximum absolute atomic E-state index is 14.7. The van der Waals surface area contributed by atoms with Gasteiger partial charge in [-0.1, -0.05) is 31.9 Å². The lowest BCUT2D eigenvalue weighted by molar-refractivity contribution is -0.140. The molecule has 6 atom stereocenters. The number of nitrogens with one attached hydrogen (secondary N) is 3. The van der Waals surface area contributed by atoms with E-state index in [0.717, 1.165) is 50.1 Å². The first-order valence-corrected chi connectivity index (χ1v) is 23.6. The minimum Gasteiger partial charge on any atom is -0.497 e. The first kappa shape index (κ1) is 41.9. The number of fused-ring (bicyclic) bond motifs is 3. The molecule has 4 aliphatic rings. The van der Waals surface area contributed by atoms with Gasteiger partial charge in [-0.25, -0.2) is 14.8 Å². The summed E-state index contributed by atoms with van der Waals surface area (Å²) in [5.41, 5.74) is 1.86. The van der Waals surface area contributed by atoms with E-state index in [9.17, 15) is 23.8 Å². The van der Waals surface area contributed by atoms with E-state index in [1.165, 1.54) is 16.2 Å². The first-order chi connectivity index (χ1) is 27.9. The van der Waals surface area contributed by atoms with Crippen molar-refractivity contribution in [1.82, 2.24) is 25.5 Å². The smallest absolute Gasteiger partial charge is 0.408 e. The molecule has 3 amide bonds. The number of benzene rings is 1. The lowest BCUT2D eigenvalue weighted by Crippen LogP contribution is -2.55. The van der Waals surface area contributed by atoms with Crippen LogP contribution in [0.15, 0.2) is 41.8 Å².